The predicted octanol–water partition coefficient (Wildman–Crippen LogP) is 2.17. The van der Waals surface area contributed by atoms with Crippen LogP contribution in [0, 0.1) is 0 Å². The van der Waals surface area contributed by atoms with E-state index >= 15 is 0 Å². The molecule has 7 heteroatoms. The van der Waals surface area contributed by atoms with Gasteiger partial charge in [-0.2, -0.15) is 0 Å². The smallest absolute Gasteiger partial charge is 0.410 e. The van der Waals surface area contributed by atoms with E-state index < -0.39 is 5.60 Å². The largest absolute Gasteiger partial charge is 0.444 e. The number of likely N-dealkylation sites (tertiary alicyclic amines) is 1. The van der Waals surface area contributed by atoms with Crippen LogP contribution in [-0.4, -0.2) is 52.5 Å². The first-order chi connectivity index (χ1) is 10.2. The summed E-state index contributed by atoms with van der Waals surface area (Å²) in [5.74, 6) is -0.0469. The standard InChI is InChI=1S/C15H26N2O4S/c1-11(18)22-10-13(19)16-12-7-5-6-8-17(9-12)14(20)21-15(2,3)4/h12H,5-10H2,1-4H3,(H,16,19)/t12-/m1/s1. The van der Waals surface area contributed by atoms with Crippen LogP contribution in [0.5, 0.6) is 0 Å². The van der Waals surface area contributed by atoms with Crippen LogP contribution in [0.3, 0.4) is 0 Å². The Morgan fingerprint density at radius 1 is 1.27 bits per heavy atom. The molecule has 0 aliphatic carbocycles. The van der Waals surface area contributed by atoms with E-state index in [2.05, 4.69) is 5.32 Å². The second-order valence-corrected chi connectivity index (χ2v) is 7.62. The number of ether oxygens (including phenoxy) is 1. The molecule has 0 aromatic rings. The van der Waals surface area contributed by atoms with Gasteiger partial charge in [-0.05, 0) is 40.0 Å². The monoisotopic (exact) mass is 330 g/mol. The maximum atomic E-state index is 12.2. The van der Waals surface area contributed by atoms with Gasteiger partial charge in [-0.3, -0.25) is 9.59 Å². The number of amides is 2. The van der Waals surface area contributed by atoms with Crippen LogP contribution in [0.2, 0.25) is 0 Å². The van der Waals surface area contributed by atoms with E-state index in [0.717, 1.165) is 31.0 Å². The summed E-state index contributed by atoms with van der Waals surface area (Å²) in [6.07, 6.45) is 2.33. The lowest BCUT2D eigenvalue weighted by Crippen LogP contribution is -2.46. The molecule has 22 heavy (non-hydrogen) atoms. The summed E-state index contributed by atoms with van der Waals surface area (Å²) in [6.45, 7) is 8.03. The minimum absolute atomic E-state index is 0.0774. The van der Waals surface area contributed by atoms with Crippen molar-refractivity contribution >= 4 is 28.9 Å². The van der Waals surface area contributed by atoms with E-state index in [1.54, 1.807) is 4.90 Å². The predicted molar refractivity (Wildman–Crippen MR) is 86.7 cm³/mol. The average molecular weight is 330 g/mol. The van der Waals surface area contributed by atoms with Gasteiger partial charge in [-0.15, -0.1) is 0 Å². The Hall–Kier alpha value is -1.24. The second-order valence-electron chi connectivity index (χ2n) is 6.47. The SMILES string of the molecule is CC(=O)SCC(=O)N[C@@H]1CCCCN(C(=O)OC(C)(C)C)C1. The van der Waals surface area contributed by atoms with Crippen molar-refractivity contribution in [2.75, 3.05) is 18.8 Å². The molecular weight excluding hydrogens is 304 g/mol. The Morgan fingerprint density at radius 3 is 2.55 bits per heavy atom. The molecule has 0 bridgehead atoms. The van der Waals surface area contributed by atoms with Gasteiger partial charge in [0.05, 0.1) is 5.75 Å². The lowest BCUT2D eigenvalue weighted by molar-refractivity contribution is -0.119. The van der Waals surface area contributed by atoms with Gasteiger partial charge in [0.2, 0.25) is 5.91 Å². The number of nitrogens with one attached hydrogen (secondary N) is 1. The molecule has 1 aliphatic rings. The Bertz CT molecular complexity index is 420. The van der Waals surface area contributed by atoms with E-state index in [0.29, 0.717) is 13.1 Å². The van der Waals surface area contributed by atoms with Crippen LogP contribution in [0.1, 0.15) is 47.0 Å². The number of hydrogen-bond donors (Lipinski definition) is 1. The highest BCUT2D eigenvalue weighted by Gasteiger charge is 2.27. The lowest BCUT2D eigenvalue weighted by Gasteiger charge is -2.28. The van der Waals surface area contributed by atoms with Gasteiger partial charge in [0.15, 0.2) is 5.12 Å². The molecular formula is C15H26N2O4S. The number of carbonyl (C=O) groups excluding carboxylic acids is 3. The quantitative estimate of drug-likeness (QED) is 0.858. The summed E-state index contributed by atoms with van der Waals surface area (Å²) in [4.78, 5) is 36.5. The van der Waals surface area contributed by atoms with Crippen LogP contribution >= 0.6 is 11.8 Å². The zero-order chi connectivity index (χ0) is 16.8. The summed E-state index contributed by atoms with van der Waals surface area (Å²) in [6, 6.07) is -0.0879. The van der Waals surface area contributed by atoms with E-state index in [1.807, 2.05) is 20.8 Å². The highest BCUT2D eigenvalue weighted by atomic mass is 32.2. The highest BCUT2D eigenvalue weighted by Crippen LogP contribution is 2.15. The molecule has 0 aromatic carbocycles. The molecule has 1 heterocycles. The average Bonchev–Trinajstić information content (AvgIpc) is 2.60. The van der Waals surface area contributed by atoms with Crippen molar-refractivity contribution in [2.45, 2.75) is 58.6 Å². The fourth-order valence-corrected chi connectivity index (χ4v) is 2.61. The number of carbonyl (C=O) groups is 3. The van der Waals surface area contributed by atoms with E-state index in [4.69, 9.17) is 4.74 Å². The Labute approximate surface area is 136 Å². The topological polar surface area (TPSA) is 75.7 Å². The van der Waals surface area contributed by atoms with Crippen molar-refractivity contribution < 1.29 is 19.1 Å². The Kier molecular flexibility index (Phi) is 7.19. The van der Waals surface area contributed by atoms with Crippen molar-refractivity contribution in [3.63, 3.8) is 0 Å². The van der Waals surface area contributed by atoms with Crippen molar-refractivity contribution in [3.8, 4) is 0 Å². The third-order valence-corrected chi connectivity index (χ3v) is 3.91. The zero-order valence-electron chi connectivity index (χ0n) is 13.8. The summed E-state index contributed by atoms with van der Waals surface area (Å²) in [5, 5.41) is 2.82. The Morgan fingerprint density at radius 2 is 1.95 bits per heavy atom. The van der Waals surface area contributed by atoms with Gasteiger partial charge < -0.3 is 15.0 Å². The summed E-state index contributed by atoms with van der Waals surface area (Å²) in [7, 11) is 0. The molecule has 0 spiro atoms. The molecule has 1 fully saturated rings. The molecule has 1 saturated heterocycles. The van der Waals surface area contributed by atoms with Gasteiger partial charge >= 0.3 is 6.09 Å². The summed E-state index contributed by atoms with van der Waals surface area (Å²) in [5.41, 5.74) is -0.528. The van der Waals surface area contributed by atoms with E-state index in [1.165, 1.54) is 6.92 Å². The van der Waals surface area contributed by atoms with Crippen LogP contribution in [0.15, 0.2) is 0 Å². The molecule has 1 N–H and O–H groups in total. The molecule has 1 aliphatic heterocycles. The van der Waals surface area contributed by atoms with Gasteiger partial charge in [0.1, 0.15) is 5.60 Å². The Balaban J connectivity index is 2.53. The minimum Gasteiger partial charge on any atom is -0.444 e. The fraction of sp³-hybridized carbons (Fsp3) is 0.800. The second kappa shape index (κ2) is 8.41. The first-order valence-corrected chi connectivity index (χ1v) is 8.56. The zero-order valence-corrected chi connectivity index (χ0v) is 14.6. The highest BCUT2D eigenvalue weighted by molar-refractivity contribution is 8.14. The van der Waals surface area contributed by atoms with Crippen molar-refractivity contribution in [1.82, 2.24) is 10.2 Å². The summed E-state index contributed by atoms with van der Waals surface area (Å²) >= 11 is 0.992. The van der Waals surface area contributed by atoms with Crippen molar-refractivity contribution in [2.24, 2.45) is 0 Å². The molecule has 1 rings (SSSR count). The van der Waals surface area contributed by atoms with Gasteiger partial charge in [0, 0.05) is 26.1 Å². The molecule has 0 aromatic heterocycles. The maximum Gasteiger partial charge on any atom is 0.410 e. The first-order valence-electron chi connectivity index (χ1n) is 7.58. The van der Waals surface area contributed by atoms with Crippen molar-refractivity contribution in [3.05, 3.63) is 0 Å². The third-order valence-electron chi connectivity index (χ3n) is 3.09. The first kappa shape index (κ1) is 18.8. The number of rotatable bonds is 3. The molecule has 0 radical (unpaired) electrons. The normalized spacial score (nSPS) is 19.3. The van der Waals surface area contributed by atoms with Gasteiger partial charge in [-0.25, -0.2) is 4.79 Å². The van der Waals surface area contributed by atoms with Crippen LogP contribution in [-0.2, 0) is 14.3 Å². The molecule has 1 atom stereocenters. The van der Waals surface area contributed by atoms with E-state index in [9.17, 15) is 14.4 Å². The van der Waals surface area contributed by atoms with Crippen molar-refractivity contribution in [1.29, 1.82) is 0 Å². The van der Waals surface area contributed by atoms with Crippen LogP contribution in [0.25, 0.3) is 0 Å². The van der Waals surface area contributed by atoms with Crippen LogP contribution in [0.4, 0.5) is 4.79 Å². The summed E-state index contributed by atoms with van der Waals surface area (Å²) < 4.78 is 5.39. The number of nitrogens with zero attached hydrogens (tertiary/aromatic N) is 1. The van der Waals surface area contributed by atoms with E-state index in [-0.39, 0.29) is 28.9 Å². The maximum absolute atomic E-state index is 12.2. The minimum atomic E-state index is -0.528. The molecule has 0 unspecified atom stereocenters. The lowest BCUT2D eigenvalue weighted by atomic mass is 10.1. The molecule has 2 amide bonds. The molecule has 6 nitrogen and oxygen atoms in total. The van der Waals surface area contributed by atoms with Crippen LogP contribution < -0.4 is 5.32 Å². The number of hydrogen-bond acceptors (Lipinski definition) is 5. The number of thioether (sulfide) groups is 1. The molecule has 126 valence electrons. The molecule has 0 saturated carbocycles. The fourth-order valence-electron chi connectivity index (χ4n) is 2.19. The van der Waals surface area contributed by atoms with Gasteiger partial charge in [0.25, 0.3) is 0 Å². The third kappa shape index (κ3) is 7.68. The van der Waals surface area contributed by atoms with Gasteiger partial charge in [-0.1, -0.05) is 11.8 Å².